The maximum atomic E-state index is 13.2. The van der Waals surface area contributed by atoms with Gasteiger partial charge in [-0.2, -0.15) is 0 Å². The van der Waals surface area contributed by atoms with E-state index in [-0.39, 0.29) is 17.6 Å². The predicted molar refractivity (Wildman–Crippen MR) is 114 cm³/mol. The molecule has 0 N–H and O–H groups in total. The Hall–Kier alpha value is -2.87. The number of halogens is 1. The van der Waals surface area contributed by atoms with Gasteiger partial charge in [-0.05, 0) is 43.7 Å². The summed E-state index contributed by atoms with van der Waals surface area (Å²) in [7, 11) is 0. The summed E-state index contributed by atoms with van der Waals surface area (Å²) in [5.41, 5.74) is 2.28. The van der Waals surface area contributed by atoms with Gasteiger partial charge in [0.25, 0.3) is 11.8 Å². The summed E-state index contributed by atoms with van der Waals surface area (Å²) < 4.78 is 13.1. The quantitative estimate of drug-likeness (QED) is 0.642. The first kappa shape index (κ1) is 20.4. The number of rotatable bonds is 3. The molecule has 156 valence electrons. The first-order valence-corrected chi connectivity index (χ1v) is 10.8. The molecule has 0 atom stereocenters. The molecule has 1 aliphatic heterocycles. The molecule has 0 aliphatic carbocycles. The number of hydrogen-bond donors (Lipinski definition) is 0. The van der Waals surface area contributed by atoms with Gasteiger partial charge >= 0.3 is 0 Å². The highest BCUT2D eigenvalue weighted by molar-refractivity contribution is 7.20. The van der Waals surface area contributed by atoms with Crippen molar-refractivity contribution < 1.29 is 14.0 Å². The van der Waals surface area contributed by atoms with Crippen LogP contribution in [-0.2, 0) is 6.42 Å². The molecule has 1 saturated heterocycles. The number of carbonyl (C=O) groups excluding carboxylic acids is 2. The molecule has 8 heteroatoms. The van der Waals surface area contributed by atoms with Gasteiger partial charge < -0.3 is 9.80 Å². The molecule has 3 heterocycles. The third-order valence-electron chi connectivity index (χ3n) is 5.47. The van der Waals surface area contributed by atoms with Crippen molar-refractivity contribution >= 4 is 33.4 Å². The van der Waals surface area contributed by atoms with Crippen molar-refractivity contribution in [2.45, 2.75) is 27.2 Å². The summed E-state index contributed by atoms with van der Waals surface area (Å²) in [6.45, 7) is 7.74. The second-order valence-corrected chi connectivity index (χ2v) is 8.41. The molecule has 0 saturated carbocycles. The van der Waals surface area contributed by atoms with Crippen LogP contribution < -0.4 is 0 Å². The summed E-state index contributed by atoms with van der Waals surface area (Å²) in [5, 5.41) is 0.964. The second kappa shape index (κ2) is 8.10. The van der Waals surface area contributed by atoms with Crippen LogP contribution in [0.25, 0.3) is 10.2 Å². The minimum absolute atomic E-state index is 0.0261. The number of thiophene rings is 1. The van der Waals surface area contributed by atoms with E-state index in [2.05, 4.69) is 9.97 Å². The highest BCUT2D eigenvalue weighted by atomic mass is 32.1. The smallest absolute Gasteiger partial charge is 0.264 e. The molecule has 1 aliphatic rings. The van der Waals surface area contributed by atoms with Crippen molar-refractivity contribution in [1.82, 2.24) is 19.8 Å². The lowest BCUT2D eigenvalue weighted by Crippen LogP contribution is -2.50. The molecule has 0 unspecified atom stereocenters. The minimum atomic E-state index is -0.369. The third kappa shape index (κ3) is 3.67. The van der Waals surface area contributed by atoms with Gasteiger partial charge in [0.2, 0.25) is 0 Å². The van der Waals surface area contributed by atoms with Crippen LogP contribution >= 0.6 is 11.3 Å². The van der Waals surface area contributed by atoms with Crippen LogP contribution in [0.2, 0.25) is 0 Å². The Morgan fingerprint density at radius 3 is 2.20 bits per heavy atom. The van der Waals surface area contributed by atoms with Crippen molar-refractivity contribution in [3.8, 4) is 0 Å². The molecule has 30 heavy (non-hydrogen) atoms. The maximum Gasteiger partial charge on any atom is 0.264 e. The van der Waals surface area contributed by atoms with Crippen LogP contribution in [-0.4, -0.2) is 57.8 Å². The van der Waals surface area contributed by atoms with Crippen LogP contribution in [0.3, 0.4) is 0 Å². The standard InChI is InChI=1S/C22H23FN4O2S/c1-4-17-24-14(3)18-13(2)19(30-20(18)25-17)22(29)27-11-9-26(10-12-27)21(28)15-5-7-16(23)8-6-15/h5-8H,4,9-12H2,1-3H3. The fourth-order valence-corrected chi connectivity index (χ4v) is 5.01. The Bertz CT molecular complexity index is 1120. The Morgan fingerprint density at radius 1 is 1.00 bits per heavy atom. The van der Waals surface area contributed by atoms with E-state index in [1.165, 1.54) is 35.6 Å². The highest BCUT2D eigenvalue weighted by Crippen LogP contribution is 2.32. The molecular weight excluding hydrogens is 403 g/mol. The van der Waals surface area contributed by atoms with E-state index in [0.717, 1.165) is 33.7 Å². The van der Waals surface area contributed by atoms with Crippen LogP contribution in [0.4, 0.5) is 4.39 Å². The SMILES string of the molecule is CCc1nc(C)c2c(C)c(C(=O)N3CCN(C(=O)c4ccc(F)cc4)CC3)sc2n1. The van der Waals surface area contributed by atoms with E-state index < -0.39 is 0 Å². The van der Waals surface area contributed by atoms with Crippen molar-refractivity contribution in [3.05, 3.63) is 57.6 Å². The lowest BCUT2D eigenvalue weighted by molar-refractivity contribution is 0.0537. The number of amides is 2. The van der Waals surface area contributed by atoms with Crippen molar-refractivity contribution in [3.63, 3.8) is 0 Å². The summed E-state index contributed by atoms with van der Waals surface area (Å²) in [4.78, 5) is 40.0. The van der Waals surface area contributed by atoms with E-state index in [1.54, 1.807) is 9.80 Å². The predicted octanol–water partition coefficient (Wildman–Crippen LogP) is 3.61. The summed E-state index contributed by atoms with van der Waals surface area (Å²) in [6.07, 6.45) is 0.751. The zero-order valence-corrected chi connectivity index (χ0v) is 18.1. The topological polar surface area (TPSA) is 66.4 Å². The zero-order valence-electron chi connectivity index (χ0n) is 17.2. The summed E-state index contributed by atoms with van der Waals surface area (Å²) in [5.74, 6) is 0.250. The summed E-state index contributed by atoms with van der Waals surface area (Å²) >= 11 is 1.42. The van der Waals surface area contributed by atoms with E-state index in [4.69, 9.17) is 0 Å². The number of benzene rings is 1. The fourth-order valence-electron chi connectivity index (χ4n) is 3.79. The zero-order chi connectivity index (χ0) is 21.4. The van der Waals surface area contributed by atoms with Gasteiger partial charge in [-0.3, -0.25) is 9.59 Å². The molecule has 4 rings (SSSR count). The number of piperazine rings is 1. The second-order valence-electron chi connectivity index (χ2n) is 7.41. The van der Waals surface area contributed by atoms with Gasteiger partial charge in [-0.25, -0.2) is 14.4 Å². The van der Waals surface area contributed by atoms with Crippen molar-refractivity contribution in [2.24, 2.45) is 0 Å². The first-order chi connectivity index (χ1) is 14.4. The molecular formula is C22H23FN4O2S. The Balaban J connectivity index is 1.49. The van der Waals surface area contributed by atoms with Gasteiger partial charge in [0.1, 0.15) is 16.5 Å². The number of aryl methyl sites for hydroxylation is 3. The molecule has 0 spiro atoms. The minimum Gasteiger partial charge on any atom is -0.335 e. The lowest BCUT2D eigenvalue weighted by atomic mass is 10.1. The van der Waals surface area contributed by atoms with Gasteiger partial charge in [-0.15, -0.1) is 11.3 Å². The number of carbonyl (C=O) groups is 2. The third-order valence-corrected chi connectivity index (χ3v) is 6.65. The number of nitrogens with zero attached hydrogens (tertiary/aromatic N) is 4. The number of aromatic nitrogens is 2. The lowest BCUT2D eigenvalue weighted by Gasteiger charge is -2.34. The molecule has 1 aromatic carbocycles. The molecule has 0 bridgehead atoms. The summed E-state index contributed by atoms with van der Waals surface area (Å²) in [6, 6.07) is 5.55. The number of fused-ring (bicyclic) bond motifs is 1. The van der Waals surface area contributed by atoms with E-state index >= 15 is 0 Å². The molecule has 2 aromatic heterocycles. The van der Waals surface area contributed by atoms with Crippen LogP contribution in [0.15, 0.2) is 24.3 Å². The van der Waals surface area contributed by atoms with Gasteiger partial charge in [0, 0.05) is 49.2 Å². The normalized spacial score (nSPS) is 14.4. The average Bonchev–Trinajstić information content (AvgIpc) is 3.10. The molecule has 3 aromatic rings. The van der Waals surface area contributed by atoms with Gasteiger partial charge in [0.15, 0.2) is 0 Å². The largest absolute Gasteiger partial charge is 0.335 e. The average molecular weight is 427 g/mol. The molecule has 0 radical (unpaired) electrons. The van der Waals surface area contributed by atoms with Gasteiger partial charge in [-0.1, -0.05) is 6.92 Å². The van der Waals surface area contributed by atoms with Crippen LogP contribution in [0, 0.1) is 19.7 Å². The fraction of sp³-hybridized carbons (Fsp3) is 0.364. The molecule has 6 nitrogen and oxygen atoms in total. The highest BCUT2D eigenvalue weighted by Gasteiger charge is 2.28. The first-order valence-electron chi connectivity index (χ1n) is 9.99. The number of hydrogen-bond acceptors (Lipinski definition) is 5. The van der Waals surface area contributed by atoms with Crippen LogP contribution in [0.5, 0.6) is 0 Å². The molecule has 1 fully saturated rings. The van der Waals surface area contributed by atoms with Crippen molar-refractivity contribution in [1.29, 1.82) is 0 Å². The molecule has 2 amide bonds. The van der Waals surface area contributed by atoms with E-state index in [9.17, 15) is 14.0 Å². The Morgan fingerprint density at radius 2 is 1.60 bits per heavy atom. The maximum absolute atomic E-state index is 13.2. The van der Waals surface area contributed by atoms with E-state index in [1.807, 2.05) is 20.8 Å². The monoisotopic (exact) mass is 426 g/mol. The van der Waals surface area contributed by atoms with E-state index in [0.29, 0.717) is 36.6 Å². The van der Waals surface area contributed by atoms with Gasteiger partial charge in [0.05, 0.1) is 4.88 Å². The van der Waals surface area contributed by atoms with Crippen LogP contribution in [0.1, 0.15) is 44.0 Å². The van der Waals surface area contributed by atoms with Crippen molar-refractivity contribution in [2.75, 3.05) is 26.2 Å². The Kier molecular flexibility index (Phi) is 5.51. The Labute approximate surface area is 178 Å².